The van der Waals surface area contributed by atoms with Gasteiger partial charge in [0.15, 0.2) is 0 Å². The van der Waals surface area contributed by atoms with Crippen LogP contribution in [0.25, 0.3) is 20.9 Å². The smallest absolute Gasteiger partial charge is 0.407 e. The molecule has 0 unspecified atom stereocenters. The number of amides is 3. The Morgan fingerprint density at radius 2 is 0.940 bits per heavy atom. The van der Waals surface area contributed by atoms with E-state index >= 15 is 0 Å². The third-order valence-corrected chi connectivity index (χ3v) is 21.1. The molecule has 0 saturated heterocycles. The van der Waals surface area contributed by atoms with Crippen LogP contribution in [0.3, 0.4) is 0 Å². The standard InChI is InChI=1S/C36H45N3O4S.C34H42N2O3S/c1-23-19-28(15-18-33(23)42-3)25-9-7-24(8-10-25)22-39(35(40)27-13-16-31(17-14-27)43-36(41)37-2)30-6-4-5-29(20-30)34-21-32(38-44-34)26-11-12-26;1-22-18-27(14-17-32(22)39-2)24-8-6-23(7-9-24)21-36(34(38)26-12-15-30(37)16-13-26)29-5-3-4-28(19-29)33-20-31(35-40-33)25-10-11-25/h4-6,15,18-21,24-27,31H,7-14,16-17,22H2,1-3H3,(H,37,41);3-5,14,17-20,23-26,30,37H,6-13,15-16,21H2,1-2H3. The summed E-state index contributed by atoms with van der Waals surface area (Å²) in [6, 6.07) is 34.7. The molecule has 0 bridgehead atoms. The van der Waals surface area contributed by atoms with Gasteiger partial charge >= 0.3 is 6.09 Å². The lowest BCUT2D eigenvalue weighted by Gasteiger charge is -2.36. The lowest BCUT2D eigenvalue weighted by atomic mass is 9.78. The number of hydrogen-bond acceptors (Lipinski definition) is 11. The Morgan fingerprint density at radius 1 is 0.524 bits per heavy atom. The van der Waals surface area contributed by atoms with Crippen LogP contribution in [0, 0.1) is 37.5 Å². The Bertz CT molecular complexity index is 3190. The molecule has 3 amide bonds. The quantitative estimate of drug-likeness (QED) is 0.0912. The van der Waals surface area contributed by atoms with Crippen molar-refractivity contribution in [2.24, 2.45) is 23.7 Å². The van der Waals surface area contributed by atoms with Gasteiger partial charge in [0, 0.05) is 55.2 Å². The molecule has 2 heterocycles. The molecule has 84 heavy (non-hydrogen) atoms. The fourth-order valence-electron chi connectivity index (χ4n) is 13.9. The lowest BCUT2D eigenvalue weighted by molar-refractivity contribution is -0.125. The van der Waals surface area contributed by atoms with Crippen LogP contribution in [0.2, 0.25) is 0 Å². The Kier molecular flexibility index (Phi) is 19.5. The molecule has 0 radical (unpaired) electrons. The highest BCUT2D eigenvalue weighted by Crippen LogP contribution is 2.45. The van der Waals surface area contributed by atoms with E-state index in [1.165, 1.54) is 69.1 Å². The van der Waals surface area contributed by atoms with Gasteiger partial charge in [-0.05, 0) is 271 Å². The Labute approximate surface area is 506 Å². The average molecular weight is 1170 g/mol. The highest BCUT2D eigenvalue weighted by molar-refractivity contribution is 7.10. The third kappa shape index (κ3) is 14.8. The molecule has 6 saturated carbocycles. The summed E-state index contributed by atoms with van der Waals surface area (Å²) >= 11 is 3.14. The molecule has 446 valence electrons. The molecule has 2 aromatic heterocycles. The first-order valence-electron chi connectivity index (χ1n) is 31.5. The van der Waals surface area contributed by atoms with E-state index in [1.807, 2.05) is 0 Å². The minimum atomic E-state index is -0.397. The second kappa shape index (κ2) is 27.5. The number of carbonyl (C=O) groups excluding carboxylic acids is 3. The van der Waals surface area contributed by atoms with Crippen molar-refractivity contribution in [1.29, 1.82) is 0 Å². The number of aryl methyl sites for hydroxylation is 2. The fourth-order valence-corrected chi connectivity index (χ4v) is 15.5. The number of carbonyl (C=O) groups is 3. The SMILES string of the molecule is CNC(=O)OC1CCC(C(=O)N(CC2CCC(c3ccc(OC)c(C)c3)CC2)c2cccc(-c3cc(C4CC4)ns3)c2)CC1.COc1ccc(C2CCC(CN(C(=O)C3CCC(O)CC3)c3cccc(-c4cc(C5CC5)ns4)c3)CC2)cc1C. The summed E-state index contributed by atoms with van der Waals surface area (Å²) in [5.41, 5.74) is 11.9. The topological polar surface area (TPSA) is 143 Å². The zero-order valence-electron chi connectivity index (χ0n) is 50.1. The number of nitrogens with zero attached hydrogens (tertiary/aromatic N) is 4. The molecule has 0 aliphatic heterocycles. The van der Waals surface area contributed by atoms with Gasteiger partial charge < -0.3 is 34.4 Å². The van der Waals surface area contributed by atoms with Crippen molar-refractivity contribution in [2.45, 2.75) is 178 Å². The molecule has 4 aromatic carbocycles. The number of benzene rings is 4. The zero-order chi connectivity index (χ0) is 58.3. The normalized spacial score (nSPS) is 24.2. The third-order valence-electron chi connectivity index (χ3n) is 19.4. The maximum atomic E-state index is 14.3. The highest BCUT2D eigenvalue weighted by atomic mass is 32.1. The second-order valence-corrected chi connectivity index (χ2v) is 26.9. The fraction of sp³-hybridized carbons (Fsp3) is 0.529. The Balaban J connectivity index is 0.000000176. The van der Waals surface area contributed by atoms with E-state index in [1.54, 1.807) is 44.3 Å². The van der Waals surface area contributed by atoms with E-state index in [0.29, 0.717) is 35.5 Å². The van der Waals surface area contributed by atoms with E-state index in [4.69, 9.17) is 23.0 Å². The van der Waals surface area contributed by atoms with Crippen molar-refractivity contribution in [1.82, 2.24) is 14.1 Å². The Morgan fingerprint density at radius 3 is 1.33 bits per heavy atom. The van der Waals surface area contributed by atoms with Crippen LogP contribution in [0.4, 0.5) is 16.2 Å². The highest BCUT2D eigenvalue weighted by Gasteiger charge is 2.36. The van der Waals surface area contributed by atoms with Crippen molar-refractivity contribution in [2.75, 3.05) is 44.2 Å². The van der Waals surface area contributed by atoms with Gasteiger partial charge in [-0.2, -0.15) is 8.75 Å². The molecule has 0 atom stereocenters. The van der Waals surface area contributed by atoms with Gasteiger partial charge in [0.05, 0.1) is 41.5 Å². The minimum absolute atomic E-state index is 0.00413. The van der Waals surface area contributed by atoms with Crippen molar-refractivity contribution in [3.05, 3.63) is 131 Å². The van der Waals surface area contributed by atoms with Gasteiger partial charge in [-0.3, -0.25) is 9.59 Å². The van der Waals surface area contributed by atoms with E-state index < -0.39 is 6.09 Å². The van der Waals surface area contributed by atoms with E-state index in [-0.39, 0.29) is 35.9 Å². The molecule has 6 aliphatic carbocycles. The van der Waals surface area contributed by atoms with Gasteiger partial charge in [-0.15, -0.1) is 0 Å². The summed E-state index contributed by atoms with van der Waals surface area (Å²) in [7, 11) is 5.03. The molecule has 12 rings (SSSR count). The number of aliphatic hydroxyl groups excluding tert-OH is 1. The molecule has 6 fully saturated rings. The molecule has 0 spiro atoms. The zero-order valence-corrected chi connectivity index (χ0v) is 51.7. The first-order valence-corrected chi connectivity index (χ1v) is 33.1. The molecular formula is C70H87N5O7S2. The molecular weight excluding hydrogens is 1090 g/mol. The van der Waals surface area contributed by atoms with Crippen molar-refractivity contribution in [3.8, 4) is 32.4 Å². The number of aliphatic hydroxyl groups is 1. The van der Waals surface area contributed by atoms with Crippen molar-refractivity contribution >= 4 is 52.3 Å². The number of hydrogen-bond donors (Lipinski definition) is 2. The van der Waals surface area contributed by atoms with Crippen LogP contribution in [0.15, 0.2) is 97.1 Å². The van der Waals surface area contributed by atoms with Crippen LogP contribution in [0.1, 0.15) is 186 Å². The van der Waals surface area contributed by atoms with Crippen LogP contribution in [0.5, 0.6) is 11.5 Å². The van der Waals surface area contributed by atoms with Crippen LogP contribution in [-0.2, 0) is 14.3 Å². The number of rotatable bonds is 17. The van der Waals surface area contributed by atoms with Gasteiger partial charge in [-0.25, -0.2) is 4.79 Å². The molecule has 2 N–H and O–H groups in total. The number of aromatic nitrogens is 2. The lowest BCUT2D eigenvalue weighted by Crippen LogP contribution is -2.42. The summed E-state index contributed by atoms with van der Waals surface area (Å²) in [6.45, 7) is 5.74. The minimum Gasteiger partial charge on any atom is -0.496 e. The summed E-state index contributed by atoms with van der Waals surface area (Å²) in [5, 5.41) is 12.6. The maximum absolute atomic E-state index is 14.3. The first kappa shape index (κ1) is 59.6. The largest absolute Gasteiger partial charge is 0.496 e. The second-order valence-electron chi connectivity index (χ2n) is 25.3. The van der Waals surface area contributed by atoms with Crippen LogP contribution < -0.4 is 24.6 Å². The first-order chi connectivity index (χ1) is 40.9. The van der Waals surface area contributed by atoms with E-state index in [9.17, 15) is 19.5 Å². The number of methoxy groups -OCH3 is 2. The number of anilines is 2. The predicted molar refractivity (Wildman–Crippen MR) is 338 cm³/mol. The number of nitrogens with one attached hydrogen (secondary N) is 1. The van der Waals surface area contributed by atoms with Gasteiger partial charge in [0.1, 0.15) is 17.6 Å². The van der Waals surface area contributed by atoms with Gasteiger partial charge in [0.2, 0.25) is 11.8 Å². The van der Waals surface area contributed by atoms with E-state index in [2.05, 4.69) is 126 Å². The molecule has 6 aliphatic rings. The predicted octanol–water partition coefficient (Wildman–Crippen LogP) is 16.1. The van der Waals surface area contributed by atoms with Crippen molar-refractivity contribution in [3.63, 3.8) is 0 Å². The summed E-state index contributed by atoms with van der Waals surface area (Å²) in [6.07, 6.45) is 19.1. The van der Waals surface area contributed by atoms with Crippen LogP contribution in [-0.4, -0.2) is 78.3 Å². The average Bonchev–Trinajstić information content (AvgIpc) is 4.57. The van der Waals surface area contributed by atoms with Crippen molar-refractivity contribution < 1.29 is 33.7 Å². The monoisotopic (exact) mass is 1170 g/mol. The molecule has 12 nitrogen and oxygen atoms in total. The van der Waals surface area contributed by atoms with Gasteiger partial charge in [0.25, 0.3) is 0 Å². The summed E-state index contributed by atoms with van der Waals surface area (Å²) in [4.78, 5) is 46.6. The maximum Gasteiger partial charge on any atom is 0.407 e. The summed E-state index contributed by atoms with van der Waals surface area (Å²) in [5.74, 6) is 5.59. The van der Waals surface area contributed by atoms with Gasteiger partial charge in [-0.1, -0.05) is 48.5 Å². The number of alkyl carbamates (subject to hydrolysis) is 1. The van der Waals surface area contributed by atoms with Crippen LogP contribution >= 0.6 is 23.1 Å². The van der Waals surface area contributed by atoms with E-state index in [0.717, 1.165) is 150 Å². The molecule has 14 heteroatoms. The Hall–Kier alpha value is -6.09. The summed E-state index contributed by atoms with van der Waals surface area (Å²) < 4.78 is 25.9. The molecule has 6 aromatic rings. The number of ether oxygens (including phenoxy) is 3.